The van der Waals surface area contributed by atoms with E-state index in [1.807, 2.05) is 0 Å². The number of carboxylic acid groups (broad SMARTS) is 1. The minimum atomic E-state index is -0.975. The molecule has 1 aliphatic rings. The summed E-state index contributed by atoms with van der Waals surface area (Å²) in [6, 6.07) is 6.39. The number of rotatable bonds is 6. The number of carboxylic acids is 1. The molecule has 1 amide bonds. The molecule has 1 aliphatic carbocycles. The lowest BCUT2D eigenvalue weighted by molar-refractivity contribution is -0.138. The van der Waals surface area contributed by atoms with Crippen molar-refractivity contribution in [3.8, 4) is 0 Å². The van der Waals surface area contributed by atoms with E-state index >= 15 is 0 Å². The maximum absolute atomic E-state index is 13.0. The second-order valence-corrected chi connectivity index (χ2v) is 5.31. The lowest BCUT2D eigenvalue weighted by Gasteiger charge is -2.42. The van der Waals surface area contributed by atoms with Crippen LogP contribution in [0.2, 0.25) is 0 Å². The Morgan fingerprint density at radius 3 is 2.35 bits per heavy atom. The molecule has 0 radical (unpaired) electrons. The molecule has 0 bridgehead atoms. The Hall–Kier alpha value is -1.91. The van der Waals surface area contributed by atoms with Gasteiger partial charge in [0.05, 0.1) is 6.42 Å². The highest BCUT2D eigenvalue weighted by molar-refractivity contribution is 5.80. The normalized spacial score (nSPS) is 16.2. The molecule has 0 spiro atoms. The van der Waals surface area contributed by atoms with Crippen molar-refractivity contribution >= 4 is 11.9 Å². The first-order chi connectivity index (χ1) is 9.52. The Morgan fingerprint density at radius 1 is 1.20 bits per heavy atom. The summed E-state index contributed by atoms with van der Waals surface area (Å²) in [5.41, 5.74) is 0.913. The van der Waals surface area contributed by atoms with Gasteiger partial charge in [0, 0.05) is 18.4 Å². The standard InChI is InChI=1S/C15H18FNO3/c16-12-4-2-11(3-5-12)15(8-1-9-15)10-17-13(18)6-7-14(19)20/h2-5H,1,6-10H2,(H,17,18)(H,19,20). The first-order valence-electron chi connectivity index (χ1n) is 6.76. The maximum Gasteiger partial charge on any atom is 0.303 e. The number of amides is 1. The summed E-state index contributed by atoms with van der Waals surface area (Å²) < 4.78 is 13.0. The lowest BCUT2D eigenvalue weighted by atomic mass is 9.64. The van der Waals surface area contributed by atoms with Crippen molar-refractivity contribution in [3.63, 3.8) is 0 Å². The van der Waals surface area contributed by atoms with E-state index in [2.05, 4.69) is 5.32 Å². The summed E-state index contributed by atoms with van der Waals surface area (Å²) >= 11 is 0. The highest BCUT2D eigenvalue weighted by Gasteiger charge is 2.38. The summed E-state index contributed by atoms with van der Waals surface area (Å²) in [4.78, 5) is 22.0. The number of hydrogen-bond acceptors (Lipinski definition) is 2. The van der Waals surface area contributed by atoms with E-state index in [1.54, 1.807) is 12.1 Å². The average molecular weight is 279 g/mol. The summed E-state index contributed by atoms with van der Waals surface area (Å²) in [6.45, 7) is 0.483. The fraction of sp³-hybridized carbons (Fsp3) is 0.467. The van der Waals surface area contributed by atoms with Crippen molar-refractivity contribution < 1.29 is 19.1 Å². The minimum absolute atomic E-state index is 0.00513. The Kier molecular flexibility index (Phi) is 4.37. The smallest absolute Gasteiger partial charge is 0.303 e. The Balaban J connectivity index is 1.93. The summed E-state index contributed by atoms with van der Waals surface area (Å²) in [7, 11) is 0. The first-order valence-corrected chi connectivity index (χ1v) is 6.76. The maximum atomic E-state index is 13.0. The van der Waals surface area contributed by atoms with Gasteiger partial charge in [-0.1, -0.05) is 18.6 Å². The number of carbonyl (C=O) groups excluding carboxylic acids is 1. The van der Waals surface area contributed by atoms with Crippen LogP contribution in [-0.4, -0.2) is 23.5 Å². The van der Waals surface area contributed by atoms with Gasteiger partial charge in [-0.15, -0.1) is 0 Å². The molecule has 2 N–H and O–H groups in total. The van der Waals surface area contributed by atoms with Crippen molar-refractivity contribution in [3.05, 3.63) is 35.6 Å². The third-order valence-electron chi connectivity index (χ3n) is 3.96. The molecule has 20 heavy (non-hydrogen) atoms. The molecule has 0 saturated heterocycles. The molecule has 1 fully saturated rings. The van der Waals surface area contributed by atoms with Gasteiger partial charge in [0.1, 0.15) is 5.82 Å². The van der Waals surface area contributed by atoms with Crippen LogP contribution in [0, 0.1) is 5.82 Å². The van der Waals surface area contributed by atoms with Gasteiger partial charge in [-0.2, -0.15) is 0 Å². The quantitative estimate of drug-likeness (QED) is 0.839. The van der Waals surface area contributed by atoms with Crippen LogP contribution >= 0.6 is 0 Å². The molecular weight excluding hydrogens is 261 g/mol. The molecule has 5 heteroatoms. The number of nitrogens with one attached hydrogen (secondary N) is 1. The highest BCUT2D eigenvalue weighted by atomic mass is 19.1. The summed E-state index contributed by atoms with van der Waals surface area (Å²) in [5, 5.41) is 11.3. The van der Waals surface area contributed by atoms with Crippen molar-refractivity contribution in [2.24, 2.45) is 0 Å². The van der Waals surface area contributed by atoms with Crippen LogP contribution in [0.25, 0.3) is 0 Å². The zero-order valence-electron chi connectivity index (χ0n) is 11.2. The summed E-state index contributed by atoms with van der Waals surface area (Å²) in [6.07, 6.45) is 2.84. The Morgan fingerprint density at radius 2 is 1.85 bits per heavy atom. The molecule has 2 rings (SSSR count). The van der Waals surface area contributed by atoms with Crippen LogP contribution in [0.15, 0.2) is 24.3 Å². The van der Waals surface area contributed by atoms with E-state index in [0.29, 0.717) is 6.54 Å². The second kappa shape index (κ2) is 6.03. The molecule has 0 unspecified atom stereocenters. The largest absolute Gasteiger partial charge is 0.481 e. The van der Waals surface area contributed by atoms with Crippen molar-refractivity contribution in [2.75, 3.05) is 6.54 Å². The first kappa shape index (κ1) is 14.5. The van der Waals surface area contributed by atoms with E-state index in [1.165, 1.54) is 12.1 Å². The molecule has 0 heterocycles. The Labute approximate surface area is 117 Å². The lowest BCUT2D eigenvalue weighted by Crippen LogP contribution is -2.45. The van der Waals surface area contributed by atoms with Crippen molar-refractivity contribution in [1.29, 1.82) is 0 Å². The third-order valence-corrected chi connectivity index (χ3v) is 3.96. The van der Waals surface area contributed by atoms with E-state index < -0.39 is 5.97 Å². The molecule has 4 nitrogen and oxygen atoms in total. The van der Waals surface area contributed by atoms with Gasteiger partial charge < -0.3 is 10.4 Å². The predicted molar refractivity (Wildman–Crippen MR) is 71.8 cm³/mol. The van der Waals surface area contributed by atoms with Gasteiger partial charge in [0.25, 0.3) is 0 Å². The van der Waals surface area contributed by atoms with Gasteiger partial charge in [-0.25, -0.2) is 4.39 Å². The zero-order chi connectivity index (χ0) is 14.6. The monoisotopic (exact) mass is 279 g/mol. The van der Waals surface area contributed by atoms with E-state index in [9.17, 15) is 14.0 Å². The molecule has 0 atom stereocenters. The van der Waals surface area contributed by atoms with Crippen molar-refractivity contribution in [2.45, 2.75) is 37.5 Å². The van der Waals surface area contributed by atoms with E-state index in [0.717, 1.165) is 24.8 Å². The van der Waals surface area contributed by atoms with Crippen LogP contribution in [0.3, 0.4) is 0 Å². The fourth-order valence-electron chi connectivity index (χ4n) is 2.55. The number of aliphatic carboxylic acids is 1. The Bertz CT molecular complexity index is 494. The molecule has 1 aromatic carbocycles. The van der Waals surface area contributed by atoms with E-state index in [4.69, 9.17) is 5.11 Å². The molecule has 0 aliphatic heterocycles. The third kappa shape index (κ3) is 3.35. The van der Waals surface area contributed by atoms with Gasteiger partial charge in [-0.3, -0.25) is 9.59 Å². The number of benzene rings is 1. The zero-order valence-corrected chi connectivity index (χ0v) is 11.2. The molecule has 1 saturated carbocycles. The van der Waals surface area contributed by atoms with Gasteiger partial charge >= 0.3 is 5.97 Å². The molecule has 1 aromatic rings. The van der Waals surface area contributed by atoms with E-state index in [-0.39, 0.29) is 30.0 Å². The number of carbonyl (C=O) groups is 2. The van der Waals surface area contributed by atoms with Crippen LogP contribution in [0.5, 0.6) is 0 Å². The second-order valence-electron chi connectivity index (χ2n) is 5.31. The van der Waals surface area contributed by atoms with Gasteiger partial charge in [-0.05, 0) is 30.5 Å². The topological polar surface area (TPSA) is 66.4 Å². The SMILES string of the molecule is O=C(O)CCC(=O)NCC1(c2ccc(F)cc2)CCC1. The number of hydrogen-bond donors (Lipinski definition) is 2. The molecular formula is C15H18FNO3. The van der Waals surface area contributed by atoms with Gasteiger partial charge in [0.2, 0.25) is 5.91 Å². The van der Waals surface area contributed by atoms with Crippen LogP contribution in [-0.2, 0) is 15.0 Å². The molecule has 108 valence electrons. The van der Waals surface area contributed by atoms with Crippen LogP contribution < -0.4 is 5.32 Å². The van der Waals surface area contributed by atoms with Crippen LogP contribution in [0.4, 0.5) is 4.39 Å². The molecule has 0 aromatic heterocycles. The minimum Gasteiger partial charge on any atom is -0.481 e. The fourth-order valence-corrected chi connectivity index (χ4v) is 2.55. The predicted octanol–water partition coefficient (Wildman–Crippen LogP) is 2.23. The van der Waals surface area contributed by atoms with Gasteiger partial charge in [0.15, 0.2) is 0 Å². The highest BCUT2D eigenvalue weighted by Crippen LogP contribution is 2.43. The van der Waals surface area contributed by atoms with Crippen LogP contribution in [0.1, 0.15) is 37.7 Å². The summed E-state index contributed by atoms with van der Waals surface area (Å²) in [5.74, 6) is -1.49. The van der Waals surface area contributed by atoms with Crippen molar-refractivity contribution in [1.82, 2.24) is 5.32 Å². The average Bonchev–Trinajstić information content (AvgIpc) is 2.37. The number of halogens is 1.